The van der Waals surface area contributed by atoms with Crippen molar-refractivity contribution in [3.8, 4) is 0 Å². The first-order chi connectivity index (χ1) is 7.38. The Hall–Kier alpha value is -1.14. The molecule has 0 saturated heterocycles. The van der Waals surface area contributed by atoms with E-state index in [9.17, 15) is 9.59 Å². The lowest BCUT2D eigenvalue weighted by molar-refractivity contribution is -0.143. The van der Waals surface area contributed by atoms with Crippen LogP contribution in [0.1, 0.15) is 20.3 Å². The summed E-state index contributed by atoms with van der Waals surface area (Å²) >= 11 is 0. The van der Waals surface area contributed by atoms with Crippen LogP contribution in [0.2, 0.25) is 0 Å². The second-order valence-electron chi connectivity index (χ2n) is 4.09. The Morgan fingerprint density at radius 2 is 2.00 bits per heavy atom. The highest BCUT2D eigenvalue weighted by molar-refractivity contribution is 5.86. The number of aliphatic carboxylic acids is 1. The van der Waals surface area contributed by atoms with Crippen molar-refractivity contribution in [1.82, 2.24) is 5.32 Å². The monoisotopic (exact) mass is 232 g/mol. The van der Waals surface area contributed by atoms with E-state index in [0.717, 1.165) is 0 Å². The Kier molecular flexibility index (Phi) is 6.67. The summed E-state index contributed by atoms with van der Waals surface area (Å²) in [6.45, 7) is 3.81. The molecule has 0 aromatic carbocycles. The summed E-state index contributed by atoms with van der Waals surface area (Å²) in [4.78, 5) is 22.2. The van der Waals surface area contributed by atoms with E-state index in [2.05, 4.69) is 5.32 Å². The first kappa shape index (κ1) is 14.9. The highest BCUT2D eigenvalue weighted by atomic mass is 16.5. The molecule has 0 bridgehead atoms. The van der Waals surface area contributed by atoms with Gasteiger partial charge in [0, 0.05) is 7.11 Å². The Balaban J connectivity index is 4.23. The van der Waals surface area contributed by atoms with Crippen molar-refractivity contribution < 1.29 is 19.4 Å². The summed E-state index contributed by atoms with van der Waals surface area (Å²) in [6.07, 6.45) is 0.519. The zero-order valence-corrected chi connectivity index (χ0v) is 9.90. The van der Waals surface area contributed by atoms with Gasteiger partial charge in [0.05, 0.1) is 12.6 Å². The van der Waals surface area contributed by atoms with Gasteiger partial charge in [-0.05, 0) is 12.3 Å². The van der Waals surface area contributed by atoms with Crippen molar-refractivity contribution in [3.05, 3.63) is 0 Å². The molecule has 2 atom stereocenters. The van der Waals surface area contributed by atoms with Crippen LogP contribution in [0.15, 0.2) is 0 Å². The third-order valence-electron chi connectivity index (χ3n) is 2.01. The minimum Gasteiger partial charge on any atom is -0.480 e. The molecule has 1 amide bonds. The van der Waals surface area contributed by atoms with Crippen LogP contribution in [-0.4, -0.2) is 42.8 Å². The number of hydrogen-bond acceptors (Lipinski definition) is 4. The minimum atomic E-state index is -1.13. The minimum absolute atomic E-state index is 0.0739. The predicted molar refractivity (Wildman–Crippen MR) is 58.9 cm³/mol. The molecule has 0 aromatic rings. The van der Waals surface area contributed by atoms with E-state index in [4.69, 9.17) is 15.6 Å². The molecular formula is C10H20N2O4. The van der Waals surface area contributed by atoms with Gasteiger partial charge in [0.2, 0.25) is 5.91 Å². The highest BCUT2D eigenvalue weighted by Gasteiger charge is 2.23. The number of ether oxygens (including phenoxy) is 1. The maximum atomic E-state index is 11.5. The fourth-order valence-corrected chi connectivity index (χ4v) is 1.24. The van der Waals surface area contributed by atoms with Crippen molar-refractivity contribution in [2.75, 3.05) is 13.7 Å². The van der Waals surface area contributed by atoms with Crippen LogP contribution in [0.5, 0.6) is 0 Å². The number of carboxylic acids is 1. The van der Waals surface area contributed by atoms with Crippen molar-refractivity contribution in [2.24, 2.45) is 11.7 Å². The summed E-state index contributed by atoms with van der Waals surface area (Å²) in [5.41, 5.74) is 5.62. The number of hydrogen-bond donors (Lipinski definition) is 3. The molecular weight excluding hydrogens is 212 g/mol. The zero-order valence-electron chi connectivity index (χ0n) is 9.90. The van der Waals surface area contributed by atoms with Crippen LogP contribution >= 0.6 is 0 Å². The number of nitrogens with one attached hydrogen (secondary N) is 1. The number of carbonyl (C=O) groups excluding carboxylic acids is 1. The van der Waals surface area contributed by atoms with Gasteiger partial charge in [0.25, 0.3) is 0 Å². The SMILES string of the molecule is COCC(NC(=O)[C@H](N)CC(C)C)C(=O)O. The smallest absolute Gasteiger partial charge is 0.328 e. The van der Waals surface area contributed by atoms with Gasteiger partial charge in [-0.1, -0.05) is 13.8 Å². The lowest BCUT2D eigenvalue weighted by Gasteiger charge is -2.18. The second-order valence-corrected chi connectivity index (χ2v) is 4.09. The van der Waals surface area contributed by atoms with Crippen LogP contribution in [0.3, 0.4) is 0 Å². The third-order valence-corrected chi connectivity index (χ3v) is 2.01. The first-order valence-electron chi connectivity index (χ1n) is 5.16. The predicted octanol–water partition coefficient (Wildman–Crippen LogP) is -0.424. The van der Waals surface area contributed by atoms with Crippen molar-refractivity contribution in [3.63, 3.8) is 0 Å². The average molecular weight is 232 g/mol. The number of carboxylic acid groups (broad SMARTS) is 1. The largest absolute Gasteiger partial charge is 0.480 e. The number of nitrogens with two attached hydrogens (primary N) is 1. The molecule has 0 spiro atoms. The molecule has 0 aliphatic heterocycles. The number of amides is 1. The van der Waals surface area contributed by atoms with Gasteiger partial charge in [-0.15, -0.1) is 0 Å². The second kappa shape index (κ2) is 7.19. The maximum absolute atomic E-state index is 11.5. The number of rotatable bonds is 7. The van der Waals surface area contributed by atoms with E-state index in [1.807, 2.05) is 13.8 Å². The van der Waals surface area contributed by atoms with Crippen LogP contribution in [-0.2, 0) is 14.3 Å². The Labute approximate surface area is 95.1 Å². The Morgan fingerprint density at radius 1 is 1.44 bits per heavy atom. The molecule has 0 heterocycles. The van der Waals surface area contributed by atoms with Gasteiger partial charge in [-0.2, -0.15) is 0 Å². The average Bonchev–Trinajstić information content (AvgIpc) is 2.15. The lowest BCUT2D eigenvalue weighted by atomic mass is 10.0. The van der Waals surface area contributed by atoms with E-state index in [-0.39, 0.29) is 12.5 Å². The standard InChI is InChI=1S/C10H20N2O4/c1-6(2)4-7(11)9(13)12-8(5-16-3)10(14)15/h6-8H,4-5,11H2,1-3H3,(H,12,13)(H,14,15)/t7-,8?/m1/s1. The fraction of sp³-hybridized carbons (Fsp3) is 0.800. The zero-order chi connectivity index (χ0) is 12.7. The quantitative estimate of drug-likeness (QED) is 0.553. The Bertz CT molecular complexity index is 243. The van der Waals surface area contributed by atoms with Gasteiger partial charge in [-0.3, -0.25) is 4.79 Å². The van der Waals surface area contributed by atoms with E-state index in [0.29, 0.717) is 6.42 Å². The third kappa shape index (κ3) is 5.67. The number of carbonyl (C=O) groups is 2. The number of methoxy groups -OCH3 is 1. The molecule has 16 heavy (non-hydrogen) atoms. The summed E-state index contributed by atoms with van der Waals surface area (Å²) in [5.74, 6) is -1.31. The van der Waals surface area contributed by atoms with Crippen LogP contribution in [0, 0.1) is 5.92 Å². The summed E-state index contributed by atoms with van der Waals surface area (Å²) in [7, 11) is 1.37. The molecule has 0 fully saturated rings. The highest BCUT2D eigenvalue weighted by Crippen LogP contribution is 2.02. The van der Waals surface area contributed by atoms with Gasteiger partial charge in [0.15, 0.2) is 6.04 Å². The molecule has 94 valence electrons. The summed E-state index contributed by atoms with van der Waals surface area (Å²) in [5, 5.41) is 11.1. The van der Waals surface area contributed by atoms with Crippen LogP contribution < -0.4 is 11.1 Å². The fourth-order valence-electron chi connectivity index (χ4n) is 1.24. The van der Waals surface area contributed by atoms with Crippen LogP contribution in [0.4, 0.5) is 0 Å². The molecule has 6 heteroatoms. The summed E-state index contributed by atoms with van der Waals surface area (Å²) < 4.78 is 4.69. The van der Waals surface area contributed by atoms with E-state index in [1.165, 1.54) is 7.11 Å². The van der Waals surface area contributed by atoms with Gasteiger partial charge < -0.3 is 20.9 Å². The van der Waals surface area contributed by atoms with Crippen LogP contribution in [0.25, 0.3) is 0 Å². The molecule has 1 unspecified atom stereocenters. The molecule has 0 rings (SSSR count). The molecule has 6 nitrogen and oxygen atoms in total. The van der Waals surface area contributed by atoms with Crippen molar-refractivity contribution >= 4 is 11.9 Å². The maximum Gasteiger partial charge on any atom is 0.328 e. The van der Waals surface area contributed by atoms with Gasteiger partial charge in [0.1, 0.15) is 0 Å². The molecule has 0 aliphatic carbocycles. The molecule has 0 saturated carbocycles. The molecule has 0 radical (unpaired) electrons. The normalized spacial score (nSPS) is 14.6. The van der Waals surface area contributed by atoms with Crippen molar-refractivity contribution in [1.29, 1.82) is 0 Å². The van der Waals surface area contributed by atoms with E-state index in [1.54, 1.807) is 0 Å². The molecule has 0 aromatic heterocycles. The van der Waals surface area contributed by atoms with Gasteiger partial charge >= 0.3 is 5.97 Å². The van der Waals surface area contributed by atoms with Crippen molar-refractivity contribution in [2.45, 2.75) is 32.4 Å². The van der Waals surface area contributed by atoms with E-state index < -0.39 is 24.0 Å². The lowest BCUT2D eigenvalue weighted by Crippen LogP contribution is -2.50. The Morgan fingerprint density at radius 3 is 2.38 bits per heavy atom. The molecule has 4 N–H and O–H groups in total. The topological polar surface area (TPSA) is 102 Å². The van der Waals surface area contributed by atoms with Gasteiger partial charge in [-0.25, -0.2) is 4.79 Å². The van der Waals surface area contributed by atoms with E-state index >= 15 is 0 Å². The summed E-state index contributed by atoms with van der Waals surface area (Å²) in [6, 6.07) is -1.73. The molecule has 0 aliphatic rings. The first-order valence-corrected chi connectivity index (χ1v) is 5.16.